The van der Waals surface area contributed by atoms with E-state index >= 15 is 0 Å². The molecule has 106 valence electrons. The van der Waals surface area contributed by atoms with E-state index in [2.05, 4.69) is 74.7 Å². The van der Waals surface area contributed by atoms with Crippen LogP contribution < -0.4 is 10.6 Å². The Morgan fingerprint density at radius 3 is 2.05 bits per heavy atom. The number of hydrogen-bond donors (Lipinski definition) is 2. The second kappa shape index (κ2) is 6.47. The molecule has 0 amide bonds. The van der Waals surface area contributed by atoms with E-state index in [-0.39, 0.29) is 0 Å². The fourth-order valence-electron chi connectivity index (χ4n) is 2.49. The number of rotatable bonds is 5. The van der Waals surface area contributed by atoms with Gasteiger partial charge in [0.15, 0.2) is 0 Å². The van der Waals surface area contributed by atoms with Gasteiger partial charge in [-0.1, -0.05) is 35.9 Å². The lowest BCUT2D eigenvalue weighted by Gasteiger charge is -2.14. The molecule has 0 aromatic heterocycles. The van der Waals surface area contributed by atoms with E-state index in [1.54, 1.807) is 0 Å². The highest BCUT2D eigenvalue weighted by atomic mass is 15.0. The second-order valence-electron chi connectivity index (χ2n) is 5.44. The molecular formula is C18H24N2. The van der Waals surface area contributed by atoms with Crippen LogP contribution in [0.15, 0.2) is 36.4 Å². The van der Waals surface area contributed by atoms with Crippen molar-refractivity contribution in [1.82, 2.24) is 0 Å². The third kappa shape index (κ3) is 3.53. The number of nitrogens with one attached hydrogen (secondary N) is 2. The Hall–Kier alpha value is -1.96. The van der Waals surface area contributed by atoms with Crippen LogP contribution >= 0.6 is 0 Å². The predicted octanol–water partition coefficient (Wildman–Crippen LogP) is 4.44. The van der Waals surface area contributed by atoms with Crippen LogP contribution in [0.1, 0.15) is 22.3 Å². The van der Waals surface area contributed by atoms with Gasteiger partial charge in [-0.05, 0) is 50.5 Å². The minimum atomic E-state index is 0.914. The molecule has 0 aliphatic carbocycles. The number of anilines is 2. The van der Waals surface area contributed by atoms with Gasteiger partial charge in [-0.3, -0.25) is 0 Å². The topological polar surface area (TPSA) is 24.1 Å². The lowest BCUT2D eigenvalue weighted by molar-refractivity contribution is 1.07. The molecule has 2 aromatic rings. The van der Waals surface area contributed by atoms with E-state index < -0.39 is 0 Å². The van der Waals surface area contributed by atoms with Crippen LogP contribution in [0.4, 0.5) is 11.4 Å². The largest absolute Gasteiger partial charge is 0.383 e. The Kier molecular flexibility index (Phi) is 4.67. The van der Waals surface area contributed by atoms with Crippen molar-refractivity contribution >= 4 is 11.4 Å². The highest BCUT2D eigenvalue weighted by Gasteiger charge is 2.01. The fraction of sp³-hybridized carbons (Fsp3) is 0.333. The summed E-state index contributed by atoms with van der Waals surface area (Å²) < 4.78 is 0. The summed E-state index contributed by atoms with van der Waals surface area (Å²) in [6.07, 6.45) is 0. The highest BCUT2D eigenvalue weighted by molar-refractivity contribution is 5.57. The lowest BCUT2D eigenvalue weighted by Crippen LogP contribution is -2.15. The van der Waals surface area contributed by atoms with Crippen molar-refractivity contribution in [2.24, 2.45) is 0 Å². The molecule has 2 heteroatoms. The minimum absolute atomic E-state index is 0.914. The zero-order chi connectivity index (χ0) is 14.5. The Bertz CT molecular complexity index is 568. The smallest absolute Gasteiger partial charge is 0.0400 e. The summed E-state index contributed by atoms with van der Waals surface area (Å²) in [5.41, 5.74) is 7.70. The fourth-order valence-corrected chi connectivity index (χ4v) is 2.49. The van der Waals surface area contributed by atoms with Crippen molar-refractivity contribution in [3.63, 3.8) is 0 Å². The normalized spacial score (nSPS) is 10.4. The second-order valence-corrected chi connectivity index (χ2v) is 5.44. The molecule has 0 atom stereocenters. The molecule has 0 heterocycles. The summed E-state index contributed by atoms with van der Waals surface area (Å²) in [5.74, 6) is 0. The Morgan fingerprint density at radius 2 is 1.40 bits per heavy atom. The van der Waals surface area contributed by atoms with Crippen molar-refractivity contribution in [1.29, 1.82) is 0 Å². The van der Waals surface area contributed by atoms with Gasteiger partial charge in [0.1, 0.15) is 0 Å². The molecule has 2 N–H and O–H groups in total. The van der Waals surface area contributed by atoms with E-state index in [1.807, 2.05) is 0 Å². The van der Waals surface area contributed by atoms with Gasteiger partial charge in [0.05, 0.1) is 0 Å². The molecule has 2 rings (SSSR count). The summed E-state index contributed by atoms with van der Waals surface area (Å²) in [5, 5.41) is 7.01. The number of benzene rings is 2. The molecule has 0 unspecified atom stereocenters. The van der Waals surface area contributed by atoms with Gasteiger partial charge in [-0.2, -0.15) is 0 Å². The zero-order valence-electron chi connectivity index (χ0n) is 12.9. The monoisotopic (exact) mass is 268 g/mol. The molecule has 0 radical (unpaired) electrons. The van der Waals surface area contributed by atoms with E-state index in [1.165, 1.54) is 33.6 Å². The Morgan fingerprint density at radius 1 is 0.750 bits per heavy atom. The molecule has 2 aromatic carbocycles. The maximum Gasteiger partial charge on any atom is 0.0400 e. The van der Waals surface area contributed by atoms with Gasteiger partial charge >= 0.3 is 0 Å². The number of hydrogen-bond acceptors (Lipinski definition) is 2. The summed E-state index contributed by atoms with van der Waals surface area (Å²) in [4.78, 5) is 0. The summed E-state index contributed by atoms with van der Waals surface area (Å²) in [6.45, 7) is 10.4. The Balaban J connectivity index is 1.88. The standard InChI is InChI=1S/C18H24N2/c1-13-8-9-17(16(4)12-13)19-10-11-20-18-14(2)6-5-7-15(18)3/h5-9,12,19-20H,10-11H2,1-4H3. The average molecular weight is 268 g/mol. The van der Waals surface area contributed by atoms with E-state index in [0.717, 1.165) is 13.1 Å². The van der Waals surface area contributed by atoms with Crippen LogP contribution in [0.25, 0.3) is 0 Å². The quantitative estimate of drug-likeness (QED) is 0.783. The van der Waals surface area contributed by atoms with Gasteiger partial charge in [-0.25, -0.2) is 0 Å². The van der Waals surface area contributed by atoms with Crippen LogP contribution in [-0.4, -0.2) is 13.1 Å². The number of para-hydroxylation sites is 1. The van der Waals surface area contributed by atoms with Crippen LogP contribution in [0, 0.1) is 27.7 Å². The highest BCUT2D eigenvalue weighted by Crippen LogP contribution is 2.19. The van der Waals surface area contributed by atoms with Crippen molar-refractivity contribution in [3.8, 4) is 0 Å². The molecular weight excluding hydrogens is 244 g/mol. The van der Waals surface area contributed by atoms with Gasteiger partial charge in [0.2, 0.25) is 0 Å². The Labute approximate surface area is 122 Å². The van der Waals surface area contributed by atoms with E-state index in [9.17, 15) is 0 Å². The van der Waals surface area contributed by atoms with Gasteiger partial charge in [-0.15, -0.1) is 0 Å². The molecule has 0 saturated carbocycles. The van der Waals surface area contributed by atoms with Crippen molar-refractivity contribution in [3.05, 3.63) is 58.7 Å². The van der Waals surface area contributed by atoms with Gasteiger partial charge < -0.3 is 10.6 Å². The van der Waals surface area contributed by atoms with Crippen LogP contribution in [0.5, 0.6) is 0 Å². The van der Waals surface area contributed by atoms with Gasteiger partial charge in [0.25, 0.3) is 0 Å². The van der Waals surface area contributed by atoms with Crippen molar-refractivity contribution in [2.45, 2.75) is 27.7 Å². The van der Waals surface area contributed by atoms with Crippen LogP contribution in [0.3, 0.4) is 0 Å². The molecule has 0 spiro atoms. The minimum Gasteiger partial charge on any atom is -0.383 e. The average Bonchev–Trinajstić information content (AvgIpc) is 2.39. The van der Waals surface area contributed by atoms with Crippen LogP contribution in [-0.2, 0) is 0 Å². The first-order chi connectivity index (χ1) is 9.58. The molecule has 0 bridgehead atoms. The maximum absolute atomic E-state index is 3.52. The summed E-state index contributed by atoms with van der Waals surface area (Å²) in [7, 11) is 0. The van der Waals surface area contributed by atoms with E-state index in [0.29, 0.717) is 0 Å². The molecule has 0 fully saturated rings. The zero-order valence-corrected chi connectivity index (χ0v) is 12.9. The van der Waals surface area contributed by atoms with Crippen LogP contribution in [0.2, 0.25) is 0 Å². The molecule has 20 heavy (non-hydrogen) atoms. The summed E-state index contributed by atoms with van der Waals surface area (Å²) in [6, 6.07) is 12.9. The van der Waals surface area contributed by atoms with E-state index in [4.69, 9.17) is 0 Å². The first-order valence-electron chi connectivity index (χ1n) is 7.19. The first-order valence-corrected chi connectivity index (χ1v) is 7.19. The first kappa shape index (κ1) is 14.4. The molecule has 0 saturated heterocycles. The molecule has 0 aliphatic heterocycles. The predicted molar refractivity (Wildman–Crippen MR) is 88.8 cm³/mol. The van der Waals surface area contributed by atoms with Crippen molar-refractivity contribution < 1.29 is 0 Å². The third-order valence-electron chi connectivity index (χ3n) is 3.61. The maximum atomic E-state index is 3.52. The third-order valence-corrected chi connectivity index (χ3v) is 3.61. The van der Waals surface area contributed by atoms with Gasteiger partial charge in [0, 0.05) is 24.5 Å². The lowest BCUT2D eigenvalue weighted by atomic mass is 10.1. The SMILES string of the molecule is Cc1ccc(NCCNc2c(C)cccc2C)c(C)c1. The molecule has 2 nitrogen and oxygen atoms in total. The number of aryl methyl sites for hydroxylation is 4. The summed E-state index contributed by atoms with van der Waals surface area (Å²) >= 11 is 0. The molecule has 0 aliphatic rings. The van der Waals surface area contributed by atoms with Crippen molar-refractivity contribution in [2.75, 3.05) is 23.7 Å².